The molecule has 1 aliphatic heterocycles. The number of nitrogens with zero attached hydrogens (tertiary/aromatic N) is 2. The minimum Gasteiger partial charge on any atom is -0.496 e. The molecule has 2 heterocycles. The topological polar surface area (TPSA) is 122 Å². The lowest BCUT2D eigenvalue weighted by Crippen LogP contribution is -2.55. The first-order chi connectivity index (χ1) is 19.6. The van der Waals surface area contributed by atoms with Crippen molar-refractivity contribution in [2.24, 2.45) is 0 Å². The van der Waals surface area contributed by atoms with Crippen molar-refractivity contribution in [3.05, 3.63) is 105 Å². The number of ether oxygens (including phenoxy) is 2. The highest BCUT2D eigenvalue weighted by Gasteiger charge is 2.53. The van der Waals surface area contributed by atoms with Crippen LogP contribution in [0.15, 0.2) is 82.0 Å². The minimum atomic E-state index is -1.72. The average molecular weight is 552 g/mol. The fourth-order valence-electron chi connectivity index (χ4n) is 5.28. The lowest BCUT2D eigenvalue weighted by molar-refractivity contribution is -0.124. The zero-order valence-corrected chi connectivity index (χ0v) is 23.2. The largest absolute Gasteiger partial charge is 0.496 e. The monoisotopic (exact) mass is 551 g/mol. The zero-order valence-electron chi connectivity index (χ0n) is 23.2. The lowest BCUT2D eigenvalue weighted by atomic mass is 9.82. The highest BCUT2D eigenvalue weighted by molar-refractivity contribution is 6.09. The summed E-state index contributed by atoms with van der Waals surface area (Å²) in [5, 5.41) is 13.3. The van der Waals surface area contributed by atoms with Gasteiger partial charge in [-0.05, 0) is 50.1 Å². The molecule has 4 aromatic rings. The van der Waals surface area contributed by atoms with Gasteiger partial charge in [-0.25, -0.2) is 9.59 Å². The number of nitrogens with one attached hydrogen (secondary N) is 1. The van der Waals surface area contributed by atoms with E-state index in [-0.39, 0.29) is 29.7 Å². The second kappa shape index (κ2) is 10.5. The molecular formula is C32H29N3O6. The van der Waals surface area contributed by atoms with E-state index < -0.39 is 28.8 Å². The van der Waals surface area contributed by atoms with E-state index >= 15 is 0 Å². The van der Waals surface area contributed by atoms with Crippen LogP contribution in [0.1, 0.15) is 43.0 Å². The van der Waals surface area contributed by atoms with Crippen LogP contribution in [-0.2, 0) is 28.0 Å². The summed E-state index contributed by atoms with van der Waals surface area (Å²) in [6.45, 7) is 5.40. The predicted octanol–water partition coefficient (Wildman–Crippen LogP) is 5.18. The molecular weight excluding hydrogens is 522 g/mol. The molecule has 1 atom stereocenters. The van der Waals surface area contributed by atoms with Crippen molar-refractivity contribution in [1.29, 1.82) is 5.26 Å². The van der Waals surface area contributed by atoms with Crippen LogP contribution in [0.5, 0.6) is 5.75 Å². The molecule has 1 aromatic heterocycles. The molecule has 0 saturated heterocycles. The van der Waals surface area contributed by atoms with Gasteiger partial charge < -0.3 is 24.1 Å². The van der Waals surface area contributed by atoms with Crippen molar-refractivity contribution in [1.82, 2.24) is 5.32 Å². The molecule has 0 spiro atoms. The van der Waals surface area contributed by atoms with Crippen molar-refractivity contribution in [2.45, 2.75) is 44.9 Å². The van der Waals surface area contributed by atoms with Crippen LogP contribution in [-0.4, -0.2) is 24.7 Å². The summed E-state index contributed by atoms with van der Waals surface area (Å²) in [6, 6.07) is 23.5. The number of anilines is 1. The fourth-order valence-corrected chi connectivity index (χ4v) is 5.28. The Kier molecular flexibility index (Phi) is 7.01. The van der Waals surface area contributed by atoms with E-state index in [2.05, 4.69) is 5.32 Å². The van der Waals surface area contributed by atoms with E-state index in [9.17, 15) is 19.6 Å². The molecule has 5 rings (SSSR count). The maximum absolute atomic E-state index is 14.6. The molecule has 2 amide bonds. The number of carbonyl (C=O) groups excluding carboxylic acids is 2. The second-order valence-corrected chi connectivity index (χ2v) is 10.8. The number of amides is 2. The predicted molar refractivity (Wildman–Crippen MR) is 153 cm³/mol. The summed E-state index contributed by atoms with van der Waals surface area (Å²) in [4.78, 5) is 42.5. The van der Waals surface area contributed by atoms with Crippen molar-refractivity contribution in [2.75, 3.05) is 12.0 Å². The maximum atomic E-state index is 14.6. The Bertz CT molecular complexity index is 1750. The van der Waals surface area contributed by atoms with Crippen molar-refractivity contribution >= 4 is 28.7 Å². The number of rotatable bonds is 6. The quantitative estimate of drug-likeness (QED) is 0.328. The van der Waals surface area contributed by atoms with Crippen LogP contribution in [0.25, 0.3) is 11.0 Å². The van der Waals surface area contributed by atoms with Crippen molar-refractivity contribution in [3.8, 4) is 11.8 Å². The summed E-state index contributed by atoms with van der Waals surface area (Å²) in [6.07, 6.45) is -1.06. The van der Waals surface area contributed by atoms with Gasteiger partial charge in [0.05, 0.1) is 24.7 Å². The first-order valence-corrected chi connectivity index (χ1v) is 13.1. The molecule has 1 aliphatic rings. The number of carbonyl (C=O) groups is 2. The summed E-state index contributed by atoms with van der Waals surface area (Å²) in [5.41, 5.74) is -1.31. The van der Waals surface area contributed by atoms with E-state index in [1.54, 1.807) is 62.1 Å². The van der Waals surface area contributed by atoms with Crippen molar-refractivity contribution in [3.63, 3.8) is 0 Å². The summed E-state index contributed by atoms with van der Waals surface area (Å²) in [7, 11) is 1.46. The fraction of sp³-hybridized carbons (Fsp3) is 0.250. The van der Waals surface area contributed by atoms with Crippen LogP contribution < -0.4 is 20.6 Å². The molecule has 3 aromatic carbocycles. The van der Waals surface area contributed by atoms with Gasteiger partial charge in [0.15, 0.2) is 5.54 Å². The SMILES string of the molecule is COc1cccc2oc(=O)c(C#N)c(C[C@]3(NC(=O)OC(C)(C)C)C(=O)N(Cc4ccccc4)c4ccccc43)c12. The molecule has 9 nitrogen and oxygen atoms in total. The summed E-state index contributed by atoms with van der Waals surface area (Å²) >= 11 is 0. The Morgan fingerprint density at radius 3 is 2.41 bits per heavy atom. The molecule has 0 unspecified atom stereocenters. The lowest BCUT2D eigenvalue weighted by Gasteiger charge is -2.32. The van der Waals surface area contributed by atoms with Crippen LogP contribution in [0, 0.1) is 11.3 Å². The first-order valence-electron chi connectivity index (χ1n) is 13.1. The van der Waals surface area contributed by atoms with Gasteiger partial charge in [-0.1, -0.05) is 54.6 Å². The third-order valence-electron chi connectivity index (χ3n) is 6.93. The second-order valence-electron chi connectivity index (χ2n) is 10.8. The Balaban J connectivity index is 1.76. The number of para-hydroxylation sites is 1. The highest BCUT2D eigenvalue weighted by atomic mass is 16.6. The molecule has 0 saturated carbocycles. The molecule has 0 bridgehead atoms. The van der Waals surface area contributed by atoms with E-state index in [0.717, 1.165) is 5.56 Å². The molecule has 9 heteroatoms. The third kappa shape index (κ3) is 5.00. The number of nitriles is 1. The molecule has 0 radical (unpaired) electrons. The number of hydrogen-bond acceptors (Lipinski definition) is 7. The number of methoxy groups -OCH3 is 1. The molecule has 41 heavy (non-hydrogen) atoms. The van der Waals surface area contributed by atoms with Gasteiger partial charge in [-0.2, -0.15) is 5.26 Å². The molecule has 1 N–H and O–H groups in total. The van der Waals surface area contributed by atoms with E-state index in [1.165, 1.54) is 7.11 Å². The van der Waals surface area contributed by atoms with Crippen LogP contribution >= 0.6 is 0 Å². The van der Waals surface area contributed by atoms with Gasteiger partial charge in [0.2, 0.25) is 0 Å². The van der Waals surface area contributed by atoms with Gasteiger partial charge in [-0.15, -0.1) is 0 Å². The van der Waals surface area contributed by atoms with Gasteiger partial charge >= 0.3 is 11.7 Å². The van der Waals surface area contributed by atoms with E-state index in [0.29, 0.717) is 22.4 Å². The Hall–Kier alpha value is -5.10. The Morgan fingerprint density at radius 2 is 1.73 bits per heavy atom. The molecule has 0 aliphatic carbocycles. The van der Waals surface area contributed by atoms with Crippen LogP contribution in [0.3, 0.4) is 0 Å². The first kappa shape index (κ1) is 27.5. The van der Waals surface area contributed by atoms with Gasteiger partial charge in [0.25, 0.3) is 5.91 Å². The van der Waals surface area contributed by atoms with Crippen molar-refractivity contribution < 1.29 is 23.5 Å². The smallest absolute Gasteiger partial charge is 0.408 e. The summed E-state index contributed by atoms with van der Waals surface area (Å²) < 4.78 is 16.6. The summed E-state index contributed by atoms with van der Waals surface area (Å²) in [5.74, 6) is -0.0846. The molecule has 208 valence electrons. The number of benzene rings is 3. The number of alkyl carbamates (subject to hydrolysis) is 1. The number of fused-ring (bicyclic) bond motifs is 2. The van der Waals surface area contributed by atoms with Gasteiger partial charge in [0, 0.05) is 12.0 Å². The average Bonchev–Trinajstić information content (AvgIpc) is 3.15. The van der Waals surface area contributed by atoms with Crippen LogP contribution in [0.4, 0.5) is 10.5 Å². The molecule has 0 fully saturated rings. The van der Waals surface area contributed by atoms with E-state index in [1.807, 2.05) is 42.5 Å². The third-order valence-corrected chi connectivity index (χ3v) is 6.93. The zero-order chi connectivity index (χ0) is 29.4. The van der Waals surface area contributed by atoms with E-state index in [4.69, 9.17) is 13.9 Å². The maximum Gasteiger partial charge on any atom is 0.408 e. The highest BCUT2D eigenvalue weighted by Crippen LogP contribution is 2.45. The van der Waals surface area contributed by atoms with Gasteiger partial charge in [0.1, 0.15) is 28.6 Å². The standard InChI is InChI=1S/C32H29N3O6/c1-31(2,3)41-30(38)34-32(17-21-22(18-33)28(36)40-26-16-10-15-25(39-4)27(21)26)23-13-8-9-14-24(23)35(29(32)37)19-20-11-6-5-7-12-20/h5-16H,17,19H2,1-4H3,(H,34,38)/t32-/m1/s1. The van der Waals surface area contributed by atoms with Crippen LogP contribution in [0.2, 0.25) is 0 Å². The normalized spacial score (nSPS) is 16.3. The Labute approximate surface area is 236 Å². The minimum absolute atomic E-state index is 0.190. The number of hydrogen-bond donors (Lipinski definition) is 1. The van der Waals surface area contributed by atoms with Gasteiger partial charge in [-0.3, -0.25) is 4.79 Å². The Morgan fingerprint density at radius 1 is 1.02 bits per heavy atom.